The molecule has 1 heterocycles. The first kappa shape index (κ1) is 8.72. The van der Waals surface area contributed by atoms with E-state index in [0.29, 0.717) is 16.1 Å². The Hall–Kier alpha value is -0.870. The highest BCUT2D eigenvalue weighted by atomic mass is 79.9. The largest absolute Gasteiger partial charge is 0.271 e. The van der Waals surface area contributed by atoms with Gasteiger partial charge in [0.1, 0.15) is 0 Å². The van der Waals surface area contributed by atoms with E-state index in [1.165, 1.54) is 6.07 Å². The van der Waals surface area contributed by atoms with Crippen molar-refractivity contribution >= 4 is 39.6 Å². The van der Waals surface area contributed by atoms with Gasteiger partial charge in [0.25, 0.3) is 11.8 Å². The number of imide groups is 1. The Morgan fingerprint density at radius 3 is 2.46 bits per heavy atom. The quantitative estimate of drug-likeness (QED) is 0.530. The van der Waals surface area contributed by atoms with E-state index in [-0.39, 0.29) is 11.8 Å². The molecule has 1 aliphatic rings. The molecule has 0 saturated carbocycles. The van der Waals surface area contributed by atoms with E-state index in [2.05, 4.69) is 16.1 Å². The van der Waals surface area contributed by atoms with Gasteiger partial charge in [0.2, 0.25) is 0 Å². The summed E-state index contributed by atoms with van der Waals surface area (Å²) in [4.78, 5) is 22.7. The third-order valence-electron chi connectivity index (χ3n) is 1.80. The normalized spacial score (nSPS) is 15.1. The predicted molar refractivity (Wildman–Crippen MR) is 50.9 cm³/mol. The van der Waals surface area contributed by atoms with Crippen molar-refractivity contribution in [3.63, 3.8) is 0 Å². The van der Waals surface area contributed by atoms with Crippen LogP contribution in [0, 0.1) is 0 Å². The van der Waals surface area contributed by atoms with Crippen molar-refractivity contribution in [3.05, 3.63) is 34.3 Å². The van der Waals surface area contributed by atoms with E-state index in [4.69, 9.17) is 11.6 Å². The number of amides is 2. The minimum absolute atomic E-state index is 0.342. The summed E-state index contributed by atoms with van der Waals surface area (Å²) in [5.74, 6) is -0.723. The average Bonchev–Trinajstić information content (AvgIpc) is 2.32. The number of hydrogen-bond acceptors (Lipinski definition) is 2. The van der Waals surface area contributed by atoms with Crippen LogP contribution in [0.2, 0.25) is 5.02 Å². The molecule has 0 saturated heterocycles. The Kier molecular flexibility index (Phi) is 1.89. The topological polar surface area (TPSA) is 37.4 Å². The van der Waals surface area contributed by atoms with Crippen LogP contribution >= 0.6 is 27.7 Å². The molecule has 2 amide bonds. The third-order valence-corrected chi connectivity index (χ3v) is 2.68. The molecule has 66 valence electrons. The lowest BCUT2D eigenvalue weighted by molar-refractivity contribution is 0.0785. The number of benzene rings is 1. The first-order chi connectivity index (χ1) is 6.11. The number of hydrogen-bond donors (Lipinski definition) is 0. The monoisotopic (exact) mass is 259 g/mol. The Bertz CT molecular complexity index is 419. The van der Waals surface area contributed by atoms with Crippen LogP contribution in [-0.4, -0.2) is 15.7 Å². The highest BCUT2D eigenvalue weighted by Crippen LogP contribution is 2.27. The molecule has 0 fully saturated rings. The van der Waals surface area contributed by atoms with E-state index < -0.39 is 0 Å². The molecule has 1 aromatic carbocycles. The zero-order chi connectivity index (χ0) is 9.59. The minimum atomic E-state index is -0.373. The number of carbonyl (C=O) groups is 2. The van der Waals surface area contributed by atoms with Crippen LogP contribution in [0.15, 0.2) is 18.2 Å². The lowest BCUT2D eigenvalue weighted by Gasteiger charge is -1.98. The first-order valence-electron chi connectivity index (χ1n) is 3.45. The fourth-order valence-corrected chi connectivity index (χ4v) is 1.74. The van der Waals surface area contributed by atoms with Gasteiger partial charge in [-0.1, -0.05) is 11.6 Å². The molecule has 0 spiro atoms. The van der Waals surface area contributed by atoms with E-state index >= 15 is 0 Å². The first-order valence-corrected chi connectivity index (χ1v) is 4.54. The molecule has 0 unspecified atom stereocenters. The van der Waals surface area contributed by atoms with Crippen LogP contribution in [0.25, 0.3) is 0 Å². The van der Waals surface area contributed by atoms with E-state index in [1.54, 1.807) is 12.1 Å². The molecule has 0 aliphatic carbocycles. The number of halogens is 2. The lowest BCUT2D eigenvalue weighted by atomic mass is 10.1. The highest BCUT2D eigenvalue weighted by molar-refractivity contribution is 9.08. The molecule has 0 atom stereocenters. The summed E-state index contributed by atoms with van der Waals surface area (Å²) in [7, 11) is 0. The van der Waals surface area contributed by atoms with Crippen LogP contribution in [0.3, 0.4) is 0 Å². The van der Waals surface area contributed by atoms with Gasteiger partial charge in [0.05, 0.1) is 27.3 Å². The molecule has 0 bridgehead atoms. The van der Waals surface area contributed by atoms with Gasteiger partial charge in [-0.15, -0.1) is 0 Å². The zero-order valence-corrected chi connectivity index (χ0v) is 8.59. The number of rotatable bonds is 0. The van der Waals surface area contributed by atoms with Gasteiger partial charge in [-0.3, -0.25) is 9.59 Å². The fraction of sp³-hybridized carbons (Fsp3) is 0. The molecular weight excluding hydrogens is 257 g/mol. The van der Waals surface area contributed by atoms with Crippen molar-refractivity contribution < 1.29 is 9.59 Å². The van der Waals surface area contributed by atoms with Gasteiger partial charge in [-0.05, 0) is 18.2 Å². The minimum Gasteiger partial charge on any atom is -0.268 e. The molecular formula is C8H3BrClNO2. The molecule has 13 heavy (non-hydrogen) atoms. The molecule has 1 aromatic rings. The van der Waals surface area contributed by atoms with Crippen molar-refractivity contribution in [2.24, 2.45) is 0 Å². The van der Waals surface area contributed by atoms with Gasteiger partial charge >= 0.3 is 0 Å². The van der Waals surface area contributed by atoms with E-state index in [9.17, 15) is 9.59 Å². The van der Waals surface area contributed by atoms with Crippen LogP contribution < -0.4 is 0 Å². The van der Waals surface area contributed by atoms with E-state index in [0.717, 1.165) is 3.93 Å². The second-order valence-electron chi connectivity index (χ2n) is 2.58. The summed E-state index contributed by atoms with van der Waals surface area (Å²) in [6, 6.07) is 4.61. The van der Waals surface area contributed by atoms with Gasteiger partial charge in [-0.2, -0.15) is 0 Å². The lowest BCUT2D eigenvalue weighted by Crippen LogP contribution is -2.17. The standard InChI is InChI=1S/C8H3BrClNO2/c9-11-7(12)5-2-1-4(10)3-6(5)8(11)13/h1-3H. The Labute approximate surface area is 87.6 Å². The summed E-state index contributed by atoms with van der Waals surface area (Å²) < 4.78 is 0.897. The number of nitrogens with zero attached hydrogens (tertiary/aromatic N) is 1. The third kappa shape index (κ3) is 1.17. The van der Waals surface area contributed by atoms with Crippen molar-refractivity contribution in [1.82, 2.24) is 3.93 Å². The number of carbonyl (C=O) groups excluding carboxylic acids is 2. The highest BCUT2D eigenvalue weighted by Gasteiger charge is 2.34. The smallest absolute Gasteiger partial charge is 0.268 e. The molecule has 1 aliphatic heterocycles. The summed E-state index contributed by atoms with van der Waals surface area (Å²) in [6.07, 6.45) is 0. The second kappa shape index (κ2) is 2.82. The van der Waals surface area contributed by atoms with Gasteiger partial charge < -0.3 is 0 Å². The Balaban J connectivity index is 2.67. The Morgan fingerprint density at radius 1 is 1.15 bits per heavy atom. The summed E-state index contributed by atoms with van der Waals surface area (Å²) in [5.41, 5.74) is 0.723. The maximum atomic E-state index is 11.4. The summed E-state index contributed by atoms with van der Waals surface area (Å²) in [5, 5.41) is 0.447. The van der Waals surface area contributed by atoms with Gasteiger partial charge in [-0.25, -0.2) is 3.93 Å². The van der Waals surface area contributed by atoms with Crippen LogP contribution in [-0.2, 0) is 0 Å². The average molecular weight is 260 g/mol. The maximum Gasteiger partial charge on any atom is 0.271 e. The molecule has 0 aromatic heterocycles. The Morgan fingerprint density at radius 2 is 1.77 bits per heavy atom. The second-order valence-corrected chi connectivity index (χ2v) is 3.73. The van der Waals surface area contributed by atoms with Gasteiger partial charge in [0, 0.05) is 5.02 Å². The number of fused-ring (bicyclic) bond motifs is 1. The molecule has 2 rings (SSSR count). The van der Waals surface area contributed by atoms with Gasteiger partial charge in [0.15, 0.2) is 0 Å². The predicted octanol–water partition coefficient (Wildman–Crippen LogP) is 2.25. The fourth-order valence-electron chi connectivity index (χ4n) is 1.18. The molecule has 0 radical (unpaired) electrons. The van der Waals surface area contributed by atoms with Crippen molar-refractivity contribution in [1.29, 1.82) is 0 Å². The van der Waals surface area contributed by atoms with E-state index in [1.807, 2.05) is 0 Å². The molecule has 3 nitrogen and oxygen atoms in total. The van der Waals surface area contributed by atoms with Crippen LogP contribution in [0.5, 0.6) is 0 Å². The van der Waals surface area contributed by atoms with Crippen LogP contribution in [0.1, 0.15) is 20.7 Å². The maximum absolute atomic E-state index is 11.4. The van der Waals surface area contributed by atoms with Crippen LogP contribution in [0.4, 0.5) is 0 Å². The SMILES string of the molecule is O=C1c2ccc(Cl)cc2C(=O)N1Br. The molecule has 0 N–H and O–H groups in total. The van der Waals surface area contributed by atoms with Crippen molar-refractivity contribution in [2.45, 2.75) is 0 Å². The summed E-state index contributed by atoms with van der Waals surface area (Å²) in [6.45, 7) is 0. The van der Waals surface area contributed by atoms with Crippen molar-refractivity contribution in [2.75, 3.05) is 0 Å². The summed E-state index contributed by atoms with van der Waals surface area (Å²) >= 11 is 8.55. The molecule has 5 heteroatoms. The zero-order valence-electron chi connectivity index (χ0n) is 6.25. The van der Waals surface area contributed by atoms with Crippen molar-refractivity contribution in [3.8, 4) is 0 Å².